The summed E-state index contributed by atoms with van der Waals surface area (Å²) in [5.74, 6) is 1.78. The minimum absolute atomic E-state index is 0.0618. The van der Waals surface area contributed by atoms with Gasteiger partial charge in [0, 0.05) is 42.4 Å². The number of aromatic hydroxyl groups is 1. The van der Waals surface area contributed by atoms with Gasteiger partial charge in [-0.25, -0.2) is 0 Å². The molecule has 0 aliphatic carbocycles. The van der Waals surface area contributed by atoms with Gasteiger partial charge in [-0.05, 0) is 31.0 Å². The lowest BCUT2D eigenvalue weighted by atomic mass is 10.1. The Morgan fingerprint density at radius 2 is 2.04 bits per heavy atom. The van der Waals surface area contributed by atoms with Gasteiger partial charge in [0.05, 0.1) is 10.6 Å². The molecule has 2 aromatic carbocycles. The second-order valence-electron chi connectivity index (χ2n) is 6.71. The summed E-state index contributed by atoms with van der Waals surface area (Å²) in [4.78, 5) is 14.8. The molecule has 4 rings (SSSR count). The van der Waals surface area contributed by atoms with E-state index in [-0.39, 0.29) is 17.0 Å². The second kappa shape index (κ2) is 7.59. The topological polar surface area (TPSA) is 106 Å². The Morgan fingerprint density at radius 1 is 1.14 bits per heavy atom. The van der Waals surface area contributed by atoms with Crippen molar-refractivity contribution < 1.29 is 10.0 Å². The van der Waals surface area contributed by atoms with Crippen LogP contribution in [0, 0.1) is 10.1 Å². The van der Waals surface area contributed by atoms with Crippen LogP contribution in [0.3, 0.4) is 0 Å². The highest BCUT2D eigenvalue weighted by molar-refractivity contribution is 5.86. The average Bonchev–Trinajstić information content (AvgIpc) is 2.96. The number of non-ortho nitro benzene ring substituents is 1. The zero-order valence-corrected chi connectivity index (χ0v) is 15.2. The number of aromatic nitrogens is 3. The molecule has 1 N–H and O–H groups in total. The fourth-order valence-corrected chi connectivity index (χ4v) is 3.33. The lowest BCUT2D eigenvalue weighted by molar-refractivity contribution is -0.384. The number of aliphatic imine (C=N–C) groups is 1. The van der Waals surface area contributed by atoms with E-state index in [1.54, 1.807) is 0 Å². The van der Waals surface area contributed by atoms with Gasteiger partial charge in [-0.2, -0.15) is 0 Å². The first-order chi connectivity index (χ1) is 13.6. The van der Waals surface area contributed by atoms with E-state index in [1.807, 2.05) is 24.3 Å². The first-order valence-corrected chi connectivity index (χ1v) is 9.16. The molecular weight excluding hydrogens is 358 g/mol. The molecule has 0 spiro atoms. The Morgan fingerprint density at radius 3 is 2.89 bits per heavy atom. The van der Waals surface area contributed by atoms with Crippen LogP contribution in [0.5, 0.6) is 5.75 Å². The Labute approximate surface area is 161 Å². The molecule has 0 saturated carbocycles. The predicted molar refractivity (Wildman–Crippen MR) is 105 cm³/mol. The number of nitrogens with zero attached hydrogens (tertiary/aromatic N) is 5. The molecule has 142 valence electrons. The van der Waals surface area contributed by atoms with E-state index in [0.717, 1.165) is 43.0 Å². The van der Waals surface area contributed by atoms with Gasteiger partial charge in [0.25, 0.3) is 5.69 Å². The number of nitro benzene ring substituents is 1. The summed E-state index contributed by atoms with van der Waals surface area (Å²) in [6.45, 7) is 0.909. The van der Waals surface area contributed by atoms with E-state index in [4.69, 9.17) is 0 Å². The van der Waals surface area contributed by atoms with Crippen molar-refractivity contribution in [3.8, 4) is 17.1 Å². The zero-order valence-electron chi connectivity index (χ0n) is 15.2. The van der Waals surface area contributed by atoms with Gasteiger partial charge >= 0.3 is 0 Å². The van der Waals surface area contributed by atoms with Gasteiger partial charge < -0.3 is 9.67 Å². The summed E-state index contributed by atoms with van der Waals surface area (Å²) in [5, 5.41) is 29.5. The van der Waals surface area contributed by atoms with Gasteiger partial charge in [-0.1, -0.05) is 18.6 Å². The maximum atomic E-state index is 10.9. The summed E-state index contributed by atoms with van der Waals surface area (Å²) >= 11 is 0. The van der Waals surface area contributed by atoms with Crippen LogP contribution in [0.15, 0.2) is 47.5 Å². The Kier molecular flexibility index (Phi) is 4.84. The van der Waals surface area contributed by atoms with Crippen LogP contribution < -0.4 is 0 Å². The number of hydrogen-bond donors (Lipinski definition) is 1. The van der Waals surface area contributed by atoms with Crippen molar-refractivity contribution in [2.24, 2.45) is 4.99 Å². The van der Waals surface area contributed by atoms with E-state index < -0.39 is 4.92 Å². The number of benzene rings is 2. The van der Waals surface area contributed by atoms with Gasteiger partial charge in [0.15, 0.2) is 5.82 Å². The average molecular weight is 377 g/mol. The molecule has 0 bridgehead atoms. The third kappa shape index (κ3) is 3.62. The fraction of sp³-hybridized carbons (Fsp3) is 0.250. The van der Waals surface area contributed by atoms with Crippen LogP contribution in [-0.2, 0) is 13.0 Å². The standard InChI is InChI=1S/C20H19N5O3/c26-18-9-8-17(25(27)28)12-15(18)13-21-16-6-4-5-14(11-16)20-23-22-19-7-2-1-3-10-24(19)20/h4-6,8-9,11-13,26H,1-3,7,10H2. The highest BCUT2D eigenvalue weighted by Gasteiger charge is 2.16. The quantitative estimate of drug-likeness (QED) is 0.419. The van der Waals surface area contributed by atoms with Crippen LogP contribution in [0.4, 0.5) is 11.4 Å². The van der Waals surface area contributed by atoms with E-state index in [1.165, 1.54) is 30.8 Å². The van der Waals surface area contributed by atoms with E-state index in [9.17, 15) is 15.2 Å². The maximum Gasteiger partial charge on any atom is 0.270 e. The summed E-state index contributed by atoms with van der Waals surface area (Å²) in [6.07, 6.45) is 5.81. The lowest BCUT2D eigenvalue weighted by Crippen LogP contribution is -2.02. The minimum Gasteiger partial charge on any atom is -0.507 e. The SMILES string of the molecule is O=[N+]([O-])c1ccc(O)c(C=Nc2cccc(-c3nnc4n3CCCCC4)c2)c1. The normalized spacial score (nSPS) is 14.0. The smallest absolute Gasteiger partial charge is 0.270 e. The molecule has 1 aliphatic heterocycles. The number of hydrogen-bond acceptors (Lipinski definition) is 6. The highest BCUT2D eigenvalue weighted by Crippen LogP contribution is 2.27. The largest absolute Gasteiger partial charge is 0.507 e. The second-order valence-corrected chi connectivity index (χ2v) is 6.71. The third-order valence-electron chi connectivity index (χ3n) is 4.79. The van der Waals surface area contributed by atoms with Crippen molar-refractivity contribution in [2.75, 3.05) is 0 Å². The van der Waals surface area contributed by atoms with Crippen LogP contribution in [-0.4, -0.2) is 31.0 Å². The van der Waals surface area contributed by atoms with Gasteiger partial charge in [0.1, 0.15) is 11.6 Å². The zero-order chi connectivity index (χ0) is 19.5. The van der Waals surface area contributed by atoms with Crippen molar-refractivity contribution in [3.63, 3.8) is 0 Å². The molecule has 0 saturated heterocycles. The number of phenols is 1. The van der Waals surface area contributed by atoms with Gasteiger partial charge in [0.2, 0.25) is 0 Å². The van der Waals surface area contributed by atoms with Crippen LogP contribution in [0.25, 0.3) is 11.4 Å². The number of nitro groups is 1. The number of fused-ring (bicyclic) bond motifs is 1. The van der Waals surface area contributed by atoms with Crippen molar-refractivity contribution in [2.45, 2.75) is 32.2 Å². The molecule has 28 heavy (non-hydrogen) atoms. The van der Waals surface area contributed by atoms with Gasteiger partial charge in [-0.15, -0.1) is 10.2 Å². The molecule has 1 aliphatic rings. The first kappa shape index (κ1) is 17.8. The van der Waals surface area contributed by atoms with Crippen molar-refractivity contribution in [1.29, 1.82) is 0 Å². The minimum atomic E-state index is -0.506. The molecule has 0 unspecified atom stereocenters. The number of phenolic OH excluding ortho intramolecular Hbond substituents is 1. The fourth-order valence-electron chi connectivity index (χ4n) is 3.33. The summed E-state index contributed by atoms with van der Waals surface area (Å²) in [5.41, 5.74) is 1.77. The molecule has 0 radical (unpaired) electrons. The van der Waals surface area contributed by atoms with E-state index >= 15 is 0 Å². The Balaban J connectivity index is 1.64. The monoisotopic (exact) mass is 377 g/mol. The number of aryl methyl sites for hydroxylation is 1. The summed E-state index contributed by atoms with van der Waals surface area (Å²) in [6, 6.07) is 11.4. The third-order valence-corrected chi connectivity index (χ3v) is 4.79. The highest BCUT2D eigenvalue weighted by atomic mass is 16.6. The molecule has 2 heterocycles. The molecule has 1 aromatic heterocycles. The van der Waals surface area contributed by atoms with Crippen LogP contribution >= 0.6 is 0 Å². The Hall–Kier alpha value is -3.55. The molecule has 0 amide bonds. The first-order valence-electron chi connectivity index (χ1n) is 9.16. The Bertz CT molecular complexity index is 1060. The molecule has 0 fully saturated rings. The van der Waals surface area contributed by atoms with Crippen molar-refractivity contribution >= 4 is 17.6 Å². The van der Waals surface area contributed by atoms with Gasteiger partial charge in [-0.3, -0.25) is 15.1 Å². The summed E-state index contributed by atoms with van der Waals surface area (Å²) < 4.78 is 2.17. The van der Waals surface area contributed by atoms with E-state index in [2.05, 4.69) is 19.8 Å². The van der Waals surface area contributed by atoms with Crippen LogP contribution in [0.2, 0.25) is 0 Å². The molecule has 3 aromatic rings. The van der Waals surface area contributed by atoms with Crippen molar-refractivity contribution in [1.82, 2.24) is 14.8 Å². The predicted octanol–water partition coefficient (Wildman–Crippen LogP) is 4.04. The van der Waals surface area contributed by atoms with Crippen LogP contribution in [0.1, 0.15) is 30.7 Å². The van der Waals surface area contributed by atoms with Crippen molar-refractivity contribution in [3.05, 3.63) is 64.0 Å². The summed E-state index contributed by atoms with van der Waals surface area (Å²) in [7, 11) is 0. The molecular formula is C20H19N5O3. The lowest BCUT2D eigenvalue weighted by Gasteiger charge is -2.07. The van der Waals surface area contributed by atoms with E-state index in [0.29, 0.717) is 5.69 Å². The number of rotatable bonds is 4. The maximum absolute atomic E-state index is 10.9. The molecule has 8 heteroatoms. The molecule has 0 atom stereocenters. The molecule has 8 nitrogen and oxygen atoms in total.